The van der Waals surface area contributed by atoms with Crippen molar-refractivity contribution in [1.29, 1.82) is 0 Å². The molecule has 0 aliphatic heterocycles. The Morgan fingerprint density at radius 2 is 2.29 bits per heavy atom. The molecule has 0 aliphatic rings. The minimum atomic E-state index is 0.204. The van der Waals surface area contributed by atoms with Crippen LogP contribution in [-0.4, -0.2) is 19.0 Å². The molecule has 1 rings (SSSR count). The minimum absolute atomic E-state index is 0.204. The Bertz CT molecular complexity index is 286. The van der Waals surface area contributed by atoms with Crippen LogP contribution in [0.25, 0.3) is 0 Å². The lowest BCUT2D eigenvalue weighted by atomic mass is 10.3. The van der Waals surface area contributed by atoms with Gasteiger partial charge in [-0.05, 0) is 19.1 Å². The van der Waals surface area contributed by atoms with Crippen LogP contribution in [0.4, 0.5) is 5.69 Å². The molecule has 1 aromatic carbocycles. The van der Waals surface area contributed by atoms with Crippen molar-refractivity contribution < 1.29 is 4.74 Å². The molecule has 78 valence electrons. The van der Waals surface area contributed by atoms with Gasteiger partial charge in [0.05, 0.1) is 11.1 Å². The van der Waals surface area contributed by atoms with Crippen LogP contribution >= 0.6 is 23.4 Å². The third-order valence-corrected chi connectivity index (χ3v) is 3.67. The van der Waals surface area contributed by atoms with Gasteiger partial charge in [0.15, 0.2) is 0 Å². The first-order chi connectivity index (χ1) is 6.65. The molecule has 0 amide bonds. The Labute approximate surface area is 93.8 Å². The molecular weight excluding hydrogens is 218 g/mol. The number of thioether (sulfide) groups is 1. The lowest BCUT2D eigenvalue weighted by molar-refractivity contribution is 0.138. The molecule has 14 heavy (non-hydrogen) atoms. The van der Waals surface area contributed by atoms with Gasteiger partial charge in [0.1, 0.15) is 0 Å². The van der Waals surface area contributed by atoms with Gasteiger partial charge < -0.3 is 10.5 Å². The SMILES string of the molecule is COC(C)CSc1c(N)cccc1Cl. The number of benzene rings is 1. The zero-order valence-electron chi connectivity index (χ0n) is 8.29. The number of rotatable bonds is 4. The van der Waals surface area contributed by atoms with Crippen LogP contribution in [0.3, 0.4) is 0 Å². The standard InChI is InChI=1S/C10H14ClNOS/c1-7(13-2)6-14-10-8(11)4-3-5-9(10)12/h3-5,7H,6,12H2,1-2H3. The average molecular weight is 232 g/mol. The summed E-state index contributed by atoms with van der Waals surface area (Å²) in [6.07, 6.45) is 0.204. The average Bonchev–Trinajstić information content (AvgIpc) is 2.16. The summed E-state index contributed by atoms with van der Waals surface area (Å²) in [7, 11) is 1.70. The van der Waals surface area contributed by atoms with Crippen LogP contribution in [-0.2, 0) is 4.74 Å². The van der Waals surface area contributed by atoms with E-state index in [0.29, 0.717) is 5.02 Å². The van der Waals surface area contributed by atoms with E-state index in [1.165, 1.54) is 0 Å². The first-order valence-electron chi connectivity index (χ1n) is 4.34. The molecule has 0 spiro atoms. The Balaban J connectivity index is 2.66. The summed E-state index contributed by atoms with van der Waals surface area (Å²) in [5.41, 5.74) is 6.53. The molecular formula is C10H14ClNOS. The summed E-state index contributed by atoms with van der Waals surface area (Å²) in [5.74, 6) is 0.852. The monoisotopic (exact) mass is 231 g/mol. The number of hydrogen-bond donors (Lipinski definition) is 1. The van der Waals surface area contributed by atoms with Crippen molar-refractivity contribution in [2.45, 2.75) is 17.9 Å². The molecule has 0 saturated carbocycles. The number of ether oxygens (including phenoxy) is 1. The van der Waals surface area contributed by atoms with Crippen LogP contribution in [0.5, 0.6) is 0 Å². The van der Waals surface area contributed by atoms with Gasteiger partial charge in [-0.2, -0.15) is 0 Å². The first kappa shape index (κ1) is 11.7. The highest BCUT2D eigenvalue weighted by Crippen LogP contribution is 2.32. The fraction of sp³-hybridized carbons (Fsp3) is 0.400. The third-order valence-electron chi connectivity index (χ3n) is 1.86. The highest BCUT2D eigenvalue weighted by atomic mass is 35.5. The summed E-state index contributed by atoms with van der Waals surface area (Å²) in [4.78, 5) is 0.943. The number of hydrogen-bond acceptors (Lipinski definition) is 3. The number of anilines is 1. The smallest absolute Gasteiger partial charge is 0.0637 e. The summed E-state index contributed by atoms with van der Waals surface area (Å²) < 4.78 is 5.15. The first-order valence-corrected chi connectivity index (χ1v) is 5.71. The Morgan fingerprint density at radius 1 is 1.57 bits per heavy atom. The molecule has 0 heterocycles. The van der Waals surface area contributed by atoms with Crippen molar-refractivity contribution in [2.75, 3.05) is 18.6 Å². The highest BCUT2D eigenvalue weighted by Gasteiger charge is 2.07. The molecule has 2 N–H and O–H groups in total. The van der Waals surface area contributed by atoms with E-state index >= 15 is 0 Å². The van der Waals surface area contributed by atoms with Gasteiger partial charge in [-0.3, -0.25) is 0 Å². The van der Waals surface area contributed by atoms with Crippen LogP contribution in [0.15, 0.2) is 23.1 Å². The van der Waals surface area contributed by atoms with Crippen LogP contribution in [0, 0.1) is 0 Å². The van der Waals surface area contributed by atoms with Crippen molar-refractivity contribution in [1.82, 2.24) is 0 Å². The van der Waals surface area contributed by atoms with Crippen LogP contribution in [0.1, 0.15) is 6.92 Å². The fourth-order valence-electron chi connectivity index (χ4n) is 0.947. The molecule has 0 fully saturated rings. The summed E-state index contributed by atoms with van der Waals surface area (Å²) in [6.45, 7) is 2.01. The van der Waals surface area contributed by atoms with Gasteiger partial charge >= 0.3 is 0 Å². The number of halogens is 1. The molecule has 4 heteroatoms. The van der Waals surface area contributed by atoms with Gasteiger partial charge in [-0.1, -0.05) is 17.7 Å². The number of methoxy groups -OCH3 is 1. The predicted octanol–water partition coefficient (Wildman–Crippen LogP) is 3.05. The zero-order valence-corrected chi connectivity index (χ0v) is 9.86. The maximum Gasteiger partial charge on any atom is 0.0637 e. The second-order valence-corrected chi connectivity index (χ2v) is 4.45. The maximum atomic E-state index is 6.01. The highest BCUT2D eigenvalue weighted by molar-refractivity contribution is 7.99. The van der Waals surface area contributed by atoms with Gasteiger partial charge in [0, 0.05) is 23.4 Å². The minimum Gasteiger partial charge on any atom is -0.398 e. The molecule has 2 nitrogen and oxygen atoms in total. The predicted molar refractivity (Wildman–Crippen MR) is 63.1 cm³/mol. The van der Waals surface area contributed by atoms with E-state index < -0.39 is 0 Å². The zero-order chi connectivity index (χ0) is 10.6. The molecule has 1 atom stereocenters. The van der Waals surface area contributed by atoms with Crippen molar-refractivity contribution in [3.8, 4) is 0 Å². The molecule has 0 aliphatic carbocycles. The summed E-state index contributed by atoms with van der Waals surface area (Å²) >= 11 is 7.64. The van der Waals surface area contributed by atoms with E-state index in [9.17, 15) is 0 Å². The van der Waals surface area contributed by atoms with Gasteiger partial charge in [-0.15, -0.1) is 11.8 Å². The van der Waals surface area contributed by atoms with Gasteiger partial charge in [0.25, 0.3) is 0 Å². The van der Waals surface area contributed by atoms with E-state index in [0.717, 1.165) is 16.3 Å². The van der Waals surface area contributed by atoms with Crippen LogP contribution < -0.4 is 5.73 Å². The summed E-state index contributed by atoms with van der Waals surface area (Å²) in [5, 5.41) is 0.707. The van der Waals surface area contributed by atoms with Gasteiger partial charge in [-0.25, -0.2) is 0 Å². The van der Waals surface area contributed by atoms with E-state index in [1.54, 1.807) is 18.9 Å². The Kier molecular flexibility index (Phi) is 4.58. The second-order valence-electron chi connectivity index (χ2n) is 3.02. The number of nitrogen functional groups attached to an aromatic ring is 1. The van der Waals surface area contributed by atoms with E-state index in [4.69, 9.17) is 22.1 Å². The second kappa shape index (κ2) is 5.49. The summed E-state index contributed by atoms with van der Waals surface area (Å²) in [6, 6.07) is 5.55. The van der Waals surface area contributed by atoms with E-state index in [-0.39, 0.29) is 6.10 Å². The van der Waals surface area contributed by atoms with Crippen molar-refractivity contribution in [2.24, 2.45) is 0 Å². The molecule has 0 aromatic heterocycles. The van der Waals surface area contributed by atoms with Crippen molar-refractivity contribution in [3.63, 3.8) is 0 Å². The van der Waals surface area contributed by atoms with E-state index in [2.05, 4.69) is 0 Å². The largest absolute Gasteiger partial charge is 0.398 e. The van der Waals surface area contributed by atoms with Crippen molar-refractivity contribution in [3.05, 3.63) is 23.2 Å². The van der Waals surface area contributed by atoms with Gasteiger partial charge in [0.2, 0.25) is 0 Å². The third kappa shape index (κ3) is 3.08. The Morgan fingerprint density at radius 3 is 2.86 bits per heavy atom. The lowest BCUT2D eigenvalue weighted by Gasteiger charge is -2.11. The maximum absolute atomic E-state index is 6.01. The normalized spacial score (nSPS) is 12.8. The topological polar surface area (TPSA) is 35.2 Å². The van der Waals surface area contributed by atoms with Crippen LogP contribution in [0.2, 0.25) is 5.02 Å². The molecule has 0 radical (unpaired) electrons. The molecule has 1 unspecified atom stereocenters. The van der Waals surface area contributed by atoms with E-state index in [1.807, 2.05) is 25.1 Å². The molecule has 1 aromatic rings. The number of nitrogens with two attached hydrogens (primary N) is 1. The lowest BCUT2D eigenvalue weighted by Crippen LogP contribution is -2.07. The van der Waals surface area contributed by atoms with Crippen molar-refractivity contribution >= 4 is 29.1 Å². The molecule has 0 bridgehead atoms. The Hall–Kier alpha value is -0.380. The quantitative estimate of drug-likeness (QED) is 0.639. The fourth-order valence-corrected chi connectivity index (χ4v) is 2.27. The molecule has 0 saturated heterocycles.